The molecule has 0 aromatic heterocycles. The fourth-order valence-electron chi connectivity index (χ4n) is 4.38. The van der Waals surface area contributed by atoms with E-state index < -0.39 is 109 Å². The van der Waals surface area contributed by atoms with E-state index in [0.29, 0.717) is 0 Å². The first-order valence-electron chi connectivity index (χ1n) is 12.7. The number of hydrogen-bond acceptors (Lipinski definition) is 17. The molecular weight excluding hydrogens is 652 g/mol. The fraction of sp³-hybridized carbons (Fsp3) is 0.720. The summed E-state index contributed by atoms with van der Waals surface area (Å²) in [4.78, 5) is 84.2. The number of hydrogen-bond donors (Lipinski definition) is 0. The fourth-order valence-corrected chi connectivity index (χ4v) is 5.07. The topological polar surface area (TPSA) is 212 Å². The van der Waals surface area contributed by atoms with Crippen LogP contribution in [-0.2, 0) is 80.9 Å². The van der Waals surface area contributed by atoms with Crippen molar-refractivity contribution in [1.82, 2.24) is 0 Å². The zero-order valence-corrected chi connectivity index (χ0v) is 25.9. The smallest absolute Gasteiger partial charge is 0.339 e. The van der Waals surface area contributed by atoms with Gasteiger partial charge in [0.25, 0.3) is 0 Å². The standard InChI is InChI=1S/C25H33BrO17/c1-9(27)36-16-15(42-23(26)20(40-13(5)31)17(16)37-10(2)28)8-35-25-22(41-14(6)32)19(39-12(4)30)18(38-11(3)29)21(43-25)24(33)34-7/h15-23,25H,8H2,1-7H3/t15-,16-,17+,18+,19+,20-,21+,22-,23+,25-/m1/s1. The lowest BCUT2D eigenvalue weighted by atomic mass is 9.97. The number of methoxy groups -OCH3 is 1. The maximum atomic E-state index is 12.6. The third-order valence-corrected chi connectivity index (χ3v) is 6.48. The van der Waals surface area contributed by atoms with Crippen LogP contribution in [0.3, 0.4) is 0 Å². The van der Waals surface area contributed by atoms with Gasteiger partial charge in [-0.25, -0.2) is 4.79 Å². The lowest BCUT2D eigenvalue weighted by Crippen LogP contribution is -2.65. The number of carbonyl (C=O) groups excluding carboxylic acids is 7. The molecule has 17 nitrogen and oxygen atoms in total. The second-order valence-electron chi connectivity index (χ2n) is 9.25. The van der Waals surface area contributed by atoms with Crippen molar-refractivity contribution in [3.63, 3.8) is 0 Å². The van der Waals surface area contributed by atoms with Crippen molar-refractivity contribution in [2.75, 3.05) is 13.7 Å². The minimum absolute atomic E-state index is 0.564. The summed E-state index contributed by atoms with van der Waals surface area (Å²) in [5, 5.41) is -1.11. The van der Waals surface area contributed by atoms with E-state index in [1.165, 1.54) is 0 Å². The molecule has 242 valence electrons. The summed E-state index contributed by atoms with van der Waals surface area (Å²) in [7, 11) is 1.02. The van der Waals surface area contributed by atoms with Crippen LogP contribution in [0.5, 0.6) is 0 Å². The summed E-state index contributed by atoms with van der Waals surface area (Å²) in [6, 6.07) is 0. The summed E-state index contributed by atoms with van der Waals surface area (Å²) in [6.07, 6.45) is -13.6. The summed E-state index contributed by atoms with van der Waals surface area (Å²) in [5.74, 6) is -6.08. The van der Waals surface area contributed by atoms with Gasteiger partial charge in [-0.3, -0.25) is 28.8 Å². The van der Waals surface area contributed by atoms with Crippen molar-refractivity contribution in [3.05, 3.63) is 0 Å². The van der Waals surface area contributed by atoms with Crippen LogP contribution in [0.2, 0.25) is 0 Å². The molecule has 2 rings (SSSR count). The molecule has 0 bridgehead atoms. The molecule has 0 spiro atoms. The molecule has 0 saturated carbocycles. The number of ether oxygens (including phenoxy) is 10. The van der Waals surface area contributed by atoms with Crippen molar-refractivity contribution >= 4 is 57.7 Å². The molecule has 0 radical (unpaired) electrons. The van der Waals surface area contributed by atoms with Gasteiger partial charge in [-0.1, -0.05) is 15.9 Å². The van der Waals surface area contributed by atoms with Crippen molar-refractivity contribution < 1.29 is 80.9 Å². The zero-order chi connectivity index (χ0) is 32.6. The predicted molar refractivity (Wildman–Crippen MR) is 138 cm³/mol. The van der Waals surface area contributed by atoms with Crippen LogP contribution in [0.1, 0.15) is 41.5 Å². The van der Waals surface area contributed by atoms with Crippen LogP contribution in [0.25, 0.3) is 0 Å². The molecule has 0 N–H and O–H groups in total. The Hall–Kier alpha value is -3.35. The Balaban J connectivity index is 2.49. The van der Waals surface area contributed by atoms with E-state index >= 15 is 0 Å². The highest BCUT2D eigenvalue weighted by molar-refractivity contribution is 9.09. The molecule has 10 atom stereocenters. The summed E-state index contributed by atoms with van der Waals surface area (Å²) >= 11 is 3.21. The summed E-state index contributed by atoms with van der Waals surface area (Å²) in [6.45, 7) is 5.79. The van der Waals surface area contributed by atoms with Gasteiger partial charge in [0.05, 0.1) is 13.7 Å². The maximum absolute atomic E-state index is 12.6. The minimum atomic E-state index is -1.72. The second-order valence-corrected chi connectivity index (χ2v) is 10.2. The molecule has 0 aromatic rings. The molecule has 2 aliphatic heterocycles. The first-order valence-corrected chi connectivity index (χ1v) is 13.6. The van der Waals surface area contributed by atoms with Crippen molar-refractivity contribution in [2.45, 2.75) is 102 Å². The van der Waals surface area contributed by atoms with E-state index in [1.54, 1.807) is 0 Å². The number of halogens is 1. The summed E-state index contributed by atoms with van der Waals surface area (Å²) < 4.78 is 53.8. The van der Waals surface area contributed by atoms with Gasteiger partial charge in [-0.2, -0.15) is 0 Å². The highest BCUT2D eigenvalue weighted by atomic mass is 79.9. The molecule has 0 aliphatic carbocycles. The molecule has 43 heavy (non-hydrogen) atoms. The number of carbonyl (C=O) groups is 7. The highest BCUT2D eigenvalue weighted by Gasteiger charge is 2.56. The molecule has 2 aliphatic rings. The molecule has 0 aromatic carbocycles. The van der Waals surface area contributed by atoms with Crippen LogP contribution in [-0.4, -0.2) is 116 Å². The largest absolute Gasteiger partial charge is 0.467 e. The van der Waals surface area contributed by atoms with Gasteiger partial charge in [-0.05, 0) is 0 Å². The minimum Gasteiger partial charge on any atom is -0.467 e. The normalized spacial score (nSPS) is 31.9. The second kappa shape index (κ2) is 15.9. The van der Waals surface area contributed by atoms with Gasteiger partial charge in [0.15, 0.2) is 54.0 Å². The third-order valence-electron chi connectivity index (χ3n) is 5.74. The van der Waals surface area contributed by atoms with Gasteiger partial charge >= 0.3 is 41.8 Å². The Morgan fingerprint density at radius 1 is 0.558 bits per heavy atom. The van der Waals surface area contributed by atoms with Crippen LogP contribution >= 0.6 is 15.9 Å². The van der Waals surface area contributed by atoms with E-state index in [1.807, 2.05) is 0 Å². The molecule has 0 amide bonds. The molecule has 2 saturated heterocycles. The maximum Gasteiger partial charge on any atom is 0.339 e. The lowest BCUT2D eigenvalue weighted by molar-refractivity contribution is -0.311. The molecular formula is C25H33BrO17. The molecule has 18 heteroatoms. The van der Waals surface area contributed by atoms with Crippen LogP contribution < -0.4 is 0 Å². The van der Waals surface area contributed by atoms with Gasteiger partial charge < -0.3 is 47.4 Å². The quantitative estimate of drug-likeness (QED) is 0.163. The molecule has 2 heterocycles. The van der Waals surface area contributed by atoms with Gasteiger partial charge in [0.1, 0.15) is 6.10 Å². The van der Waals surface area contributed by atoms with E-state index in [9.17, 15) is 33.6 Å². The molecule has 2 fully saturated rings. The van der Waals surface area contributed by atoms with Crippen molar-refractivity contribution in [3.8, 4) is 0 Å². The Morgan fingerprint density at radius 2 is 0.953 bits per heavy atom. The monoisotopic (exact) mass is 684 g/mol. The van der Waals surface area contributed by atoms with Crippen LogP contribution in [0.4, 0.5) is 0 Å². The SMILES string of the molecule is COC(=O)[C@H]1O[C@@H](OC[C@H]2O[C@H](Br)[C@H](OC(C)=O)[C@@H](OC(C)=O)[C@@H]2OC(C)=O)[C@H](OC(C)=O)[C@@H](OC(C)=O)[C@@H]1OC(C)=O. The van der Waals surface area contributed by atoms with E-state index in [-0.39, 0.29) is 0 Å². The Bertz CT molecular complexity index is 1080. The first kappa shape index (κ1) is 35.8. The Labute approximate surface area is 254 Å². The zero-order valence-electron chi connectivity index (χ0n) is 24.3. The van der Waals surface area contributed by atoms with E-state index in [2.05, 4.69) is 15.9 Å². The van der Waals surface area contributed by atoms with E-state index in [0.717, 1.165) is 48.7 Å². The summed E-state index contributed by atoms with van der Waals surface area (Å²) in [5.41, 5.74) is 0. The Morgan fingerprint density at radius 3 is 1.42 bits per heavy atom. The Kier molecular flexibility index (Phi) is 13.3. The highest BCUT2D eigenvalue weighted by Crippen LogP contribution is 2.34. The number of rotatable bonds is 10. The third kappa shape index (κ3) is 10.1. The van der Waals surface area contributed by atoms with E-state index in [4.69, 9.17) is 47.4 Å². The number of alkyl halides is 1. The average Bonchev–Trinajstić information content (AvgIpc) is 2.87. The van der Waals surface area contributed by atoms with Gasteiger partial charge in [0.2, 0.25) is 0 Å². The van der Waals surface area contributed by atoms with Crippen LogP contribution in [0, 0.1) is 0 Å². The lowest BCUT2D eigenvalue weighted by Gasteiger charge is -2.45. The van der Waals surface area contributed by atoms with Crippen LogP contribution in [0.15, 0.2) is 0 Å². The van der Waals surface area contributed by atoms with Gasteiger partial charge in [0, 0.05) is 41.5 Å². The van der Waals surface area contributed by atoms with Crippen molar-refractivity contribution in [1.29, 1.82) is 0 Å². The molecule has 0 unspecified atom stereocenters. The first-order chi connectivity index (χ1) is 20.0. The van der Waals surface area contributed by atoms with Crippen molar-refractivity contribution in [2.24, 2.45) is 0 Å². The van der Waals surface area contributed by atoms with Gasteiger partial charge in [-0.15, -0.1) is 0 Å². The predicted octanol–water partition coefficient (Wildman–Crippen LogP) is -0.389. The number of esters is 7. The average molecular weight is 685 g/mol.